The van der Waals surface area contributed by atoms with Crippen molar-refractivity contribution in [2.75, 3.05) is 0 Å². The second kappa shape index (κ2) is 22.0. The molecule has 0 unspecified atom stereocenters. The van der Waals surface area contributed by atoms with Gasteiger partial charge in [-0.15, -0.1) is 0 Å². The van der Waals surface area contributed by atoms with Gasteiger partial charge in [0.05, 0.1) is 15.8 Å². The molecule has 246 valence electrons. The van der Waals surface area contributed by atoms with Gasteiger partial charge in [-0.1, -0.05) is 115 Å². The van der Waals surface area contributed by atoms with Crippen molar-refractivity contribution in [3.05, 3.63) is 218 Å². The average molecular weight is 832 g/mol. The number of Topliss-reactive ketones (excluding diaryl/α,β-unsaturated/α-hetero) is 1. The van der Waals surface area contributed by atoms with Crippen molar-refractivity contribution in [1.82, 2.24) is 0 Å². The smallest absolute Gasteiger partial charge is 0.0620 e. The number of ketones is 1. The fourth-order valence-corrected chi connectivity index (χ4v) is 10.4. The van der Waals surface area contributed by atoms with E-state index in [9.17, 15) is 4.79 Å². The molecule has 7 rings (SSSR count). The van der Waals surface area contributed by atoms with Crippen molar-refractivity contribution in [2.45, 2.75) is 6.92 Å². The first-order valence-electron chi connectivity index (χ1n) is 15.9. The van der Waals surface area contributed by atoms with Crippen molar-refractivity contribution < 1.29 is 22.0 Å². The summed E-state index contributed by atoms with van der Waals surface area (Å²) in [6.45, 7) is 1.55. The topological polar surface area (TPSA) is 17.1 Å². The molecule has 0 atom stereocenters. The summed E-state index contributed by atoms with van der Waals surface area (Å²) < 4.78 is 0. The number of hydrogen-bond acceptors (Lipinski definition) is 1. The minimum atomic E-state index is -0.877. The van der Waals surface area contributed by atoms with Crippen LogP contribution in [0.15, 0.2) is 206 Å². The van der Waals surface area contributed by atoms with Crippen LogP contribution in [0.5, 0.6) is 0 Å². The molecule has 0 saturated heterocycles. The maximum absolute atomic E-state index is 10.6. The number of halogens is 1. The predicted octanol–water partition coefficient (Wildman–Crippen LogP) is 8.89. The number of benzene rings is 7. The van der Waals surface area contributed by atoms with E-state index in [1.165, 1.54) is 31.8 Å². The summed E-state index contributed by atoms with van der Waals surface area (Å²) in [6.07, 6.45) is 0. The van der Waals surface area contributed by atoms with Gasteiger partial charge in [0.25, 0.3) is 0 Å². The third-order valence-electron chi connectivity index (χ3n) is 7.50. The summed E-state index contributed by atoms with van der Waals surface area (Å²) >= 11 is 5.35. The molecular formula is C44H39BrOP2Pd+2. The maximum atomic E-state index is 10.6. The number of hydrogen-bond donors (Lipinski definition) is 0. The van der Waals surface area contributed by atoms with Gasteiger partial charge in [0.15, 0.2) is 0 Å². The Kier molecular flexibility index (Phi) is 17.1. The molecular weight excluding hydrogens is 793 g/mol. The van der Waals surface area contributed by atoms with Gasteiger partial charge in [-0.05, 0) is 79.7 Å². The summed E-state index contributed by atoms with van der Waals surface area (Å²) in [5.74, 6) is 0.101. The molecule has 7 aromatic rings. The van der Waals surface area contributed by atoms with Gasteiger partial charge >= 0.3 is 30.6 Å². The van der Waals surface area contributed by atoms with Crippen molar-refractivity contribution in [1.29, 1.82) is 0 Å². The van der Waals surface area contributed by atoms with Crippen LogP contribution in [0, 0.1) is 6.07 Å². The number of carbonyl (C=O) groups is 1. The van der Waals surface area contributed by atoms with E-state index in [4.69, 9.17) is 0 Å². The Labute approximate surface area is 311 Å². The van der Waals surface area contributed by atoms with Gasteiger partial charge in [-0.25, -0.2) is 0 Å². The van der Waals surface area contributed by atoms with Crippen LogP contribution in [0.25, 0.3) is 0 Å². The Balaban J connectivity index is 0.000000171. The molecule has 0 bridgehead atoms. The third-order valence-corrected chi connectivity index (χ3v) is 13.0. The second-order valence-electron chi connectivity index (χ2n) is 10.8. The fourth-order valence-electron chi connectivity index (χ4n) is 5.25. The minimum Gasteiger partial charge on any atom is -0.0620 e. The summed E-state index contributed by atoms with van der Waals surface area (Å²) in [4.78, 5) is 10.6. The monoisotopic (exact) mass is 830 g/mol. The van der Waals surface area contributed by atoms with Crippen LogP contribution < -0.4 is 31.8 Å². The van der Waals surface area contributed by atoms with Crippen LogP contribution in [0.1, 0.15) is 17.3 Å². The van der Waals surface area contributed by atoms with Crippen molar-refractivity contribution in [2.24, 2.45) is 0 Å². The number of carbonyl (C=O) groups excluding carboxylic acids is 1. The van der Waals surface area contributed by atoms with Gasteiger partial charge in [-0.2, -0.15) is 30.3 Å². The normalized spacial score (nSPS) is 10.0. The molecule has 0 amide bonds. The third kappa shape index (κ3) is 12.2. The van der Waals surface area contributed by atoms with Gasteiger partial charge in [0, 0.05) is 0 Å². The van der Waals surface area contributed by atoms with Crippen molar-refractivity contribution in [3.63, 3.8) is 0 Å². The number of rotatable bonds is 7. The Morgan fingerprint density at radius 2 is 0.612 bits per heavy atom. The predicted molar refractivity (Wildman–Crippen MR) is 217 cm³/mol. The van der Waals surface area contributed by atoms with Gasteiger partial charge in [0.1, 0.15) is 37.6 Å². The van der Waals surface area contributed by atoms with E-state index in [0.717, 1.165) is 5.56 Å². The van der Waals surface area contributed by atoms with Crippen LogP contribution in [0.2, 0.25) is 0 Å². The van der Waals surface area contributed by atoms with Gasteiger partial charge in [0.2, 0.25) is 0 Å². The van der Waals surface area contributed by atoms with E-state index in [1.807, 2.05) is 0 Å². The molecule has 1 nitrogen and oxygen atoms in total. The molecule has 0 heterocycles. The zero-order valence-corrected chi connectivity index (χ0v) is 32.4. The summed E-state index contributed by atoms with van der Waals surface area (Å²) in [6, 6.07) is 74.8. The van der Waals surface area contributed by atoms with Crippen LogP contribution in [0.4, 0.5) is 0 Å². The average Bonchev–Trinajstić information content (AvgIpc) is 3.19. The summed E-state index contributed by atoms with van der Waals surface area (Å²) in [5.41, 5.74) is 0.744. The first-order chi connectivity index (χ1) is 24.2. The molecule has 49 heavy (non-hydrogen) atoms. The van der Waals surface area contributed by atoms with Crippen LogP contribution in [0.3, 0.4) is 0 Å². The van der Waals surface area contributed by atoms with E-state index in [2.05, 4.69) is 219 Å². The van der Waals surface area contributed by atoms with E-state index in [0.29, 0.717) is 0 Å². The Morgan fingerprint density at radius 1 is 0.408 bits per heavy atom. The first-order valence-corrected chi connectivity index (χ1v) is 22.4. The quantitative estimate of drug-likeness (QED) is 0.0680. The van der Waals surface area contributed by atoms with E-state index in [1.54, 1.807) is 31.2 Å². The van der Waals surface area contributed by atoms with Crippen LogP contribution in [-0.4, -0.2) is 5.78 Å². The molecule has 0 N–H and O–H groups in total. The molecule has 0 fully saturated rings. The first kappa shape index (κ1) is 38.0. The molecule has 0 saturated carbocycles. The molecule has 0 aromatic heterocycles. The summed E-state index contributed by atoms with van der Waals surface area (Å²) in [7, 11) is -1.75. The van der Waals surface area contributed by atoms with Crippen LogP contribution >= 0.6 is 29.3 Å². The van der Waals surface area contributed by atoms with Crippen molar-refractivity contribution in [3.8, 4) is 0 Å². The second-order valence-corrected chi connectivity index (χ2v) is 15.8. The van der Waals surface area contributed by atoms with Crippen molar-refractivity contribution >= 4 is 66.9 Å². The Morgan fingerprint density at radius 3 is 0.776 bits per heavy atom. The molecule has 5 heteroatoms. The molecule has 7 aromatic carbocycles. The standard InChI is InChI=1S/2C18H15P.C8H7O.BrH.Pd/c2*1-4-10-16(11-5-1)19(17-12-6-2-7-13-17)18-14-8-3-9-15-18;1-7(9)8-5-3-2-4-6-8;;/h2*1-15H;3-6H,1H3;1H;/q;;-1;;+2/p+1. The Bertz CT molecular complexity index is 1570. The molecule has 0 aliphatic carbocycles. The van der Waals surface area contributed by atoms with E-state index >= 15 is 0 Å². The largest absolute Gasteiger partial charge is 0.102 e. The molecule has 0 aliphatic rings. The fraction of sp³-hybridized carbons (Fsp3) is 0.0227. The van der Waals surface area contributed by atoms with E-state index < -0.39 is 15.8 Å². The van der Waals surface area contributed by atoms with E-state index in [-0.39, 0.29) is 5.78 Å². The minimum absolute atomic E-state index is 0.101. The van der Waals surface area contributed by atoms with Gasteiger partial charge < -0.3 is 0 Å². The molecule has 0 radical (unpaired) electrons. The maximum Gasteiger partial charge on any atom is 0.102 e. The SMILES string of the molecule is CC(=O)c1cc[c-]cc1.[Br][Pd+].c1ccc([PH+](c2ccccc2)c2ccccc2)cc1.c1ccc([PH+](c2ccccc2)c2ccccc2)cc1. The molecule has 0 aliphatic heterocycles. The zero-order valence-electron chi connectivity index (χ0n) is 27.2. The zero-order chi connectivity index (χ0) is 34.5. The molecule has 0 spiro atoms. The van der Waals surface area contributed by atoms with Crippen LogP contribution in [-0.2, 0) is 17.2 Å². The van der Waals surface area contributed by atoms with Gasteiger partial charge in [-0.3, -0.25) is 4.79 Å². The summed E-state index contributed by atoms with van der Waals surface area (Å²) in [5, 5.41) is 8.61. The Hall–Kier alpha value is -3.79.